The summed E-state index contributed by atoms with van der Waals surface area (Å²) in [4.78, 5) is 55.0. The van der Waals surface area contributed by atoms with Gasteiger partial charge in [-0.1, -0.05) is 25.1 Å². The molecule has 0 aliphatic carbocycles. The second kappa shape index (κ2) is 18.2. The van der Waals surface area contributed by atoms with Gasteiger partial charge >= 0.3 is 0 Å². The van der Waals surface area contributed by atoms with Crippen molar-refractivity contribution in [3.8, 4) is 11.6 Å². The van der Waals surface area contributed by atoms with Crippen LogP contribution in [0.1, 0.15) is 39.9 Å². The summed E-state index contributed by atoms with van der Waals surface area (Å²) in [5.74, 6) is -0.210. The van der Waals surface area contributed by atoms with Crippen LogP contribution in [0.2, 0.25) is 0 Å². The van der Waals surface area contributed by atoms with Crippen LogP contribution in [0, 0.1) is 6.92 Å². The maximum absolute atomic E-state index is 13.7. The average molecular weight is 678 g/mol. The molecule has 49 heavy (non-hydrogen) atoms. The van der Waals surface area contributed by atoms with Gasteiger partial charge in [0.1, 0.15) is 24.5 Å². The predicted molar refractivity (Wildman–Crippen MR) is 178 cm³/mol. The molecule has 1 aromatic carbocycles. The zero-order valence-corrected chi connectivity index (χ0v) is 28.0. The Bertz CT molecular complexity index is 1670. The largest absolute Gasteiger partial charge is 0.489 e. The number of aromatic amines is 1. The molecule has 4 heterocycles. The summed E-state index contributed by atoms with van der Waals surface area (Å²) in [6, 6.07) is 8.99. The number of nitrogens with one attached hydrogen (secondary N) is 1. The maximum Gasteiger partial charge on any atom is 0.295 e. The first-order chi connectivity index (χ1) is 24.0. The number of ether oxygens (including phenoxy) is 5. The van der Waals surface area contributed by atoms with Crippen molar-refractivity contribution >= 4 is 28.5 Å². The zero-order valence-electron chi connectivity index (χ0n) is 28.0. The number of pyridine rings is 1. The van der Waals surface area contributed by atoms with E-state index in [-0.39, 0.29) is 37.8 Å². The minimum Gasteiger partial charge on any atom is -0.489 e. The number of ketones is 1. The molecule has 5 rings (SSSR count). The number of aryl methyl sites for hydroxylation is 1. The molecule has 0 atom stereocenters. The Kier molecular flexibility index (Phi) is 13.2. The highest BCUT2D eigenvalue weighted by molar-refractivity contribution is 6.45. The Balaban J connectivity index is 1.17. The normalized spacial score (nSPS) is 13.3. The molecule has 1 fully saturated rings. The van der Waals surface area contributed by atoms with Gasteiger partial charge in [0.2, 0.25) is 0 Å². The number of fused-ring (bicyclic) bond motifs is 1. The Morgan fingerprint density at radius 3 is 2.02 bits per heavy atom. The summed E-state index contributed by atoms with van der Waals surface area (Å²) >= 11 is 0. The smallest absolute Gasteiger partial charge is 0.295 e. The van der Waals surface area contributed by atoms with Crippen molar-refractivity contribution in [1.29, 1.82) is 0 Å². The van der Waals surface area contributed by atoms with Crippen molar-refractivity contribution in [2.75, 3.05) is 85.6 Å². The summed E-state index contributed by atoms with van der Waals surface area (Å²) in [6.45, 7) is 8.93. The highest BCUT2D eigenvalue weighted by atomic mass is 16.6. The number of H-pyrrole nitrogens is 1. The molecule has 0 spiro atoms. The molecular formula is C34H43N7O8. The highest BCUT2D eigenvalue weighted by Gasteiger charge is 2.31. The van der Waals surface area contributed by atoms with Crippen LogP contribution >= 0.6 is 0 Å². The number of hydrogen-bond acceptors (Lipinski definition) is 11. The molecule has 2 amide bonds. The van der Waals surface area contributed by atoms with Crippen LogP contribution in [0.25, 0.3) is 16.7 Å². The van der Waals surface area contributed by atoms with Gasteiger partial charge < -0.3 is 38.5 Å². The monoisotopic (exact) mass is 677 g/mol. The second-order valence-electron chi connectivity index (χ2n) is 11.2. The third kappa shape index (κ3) is 9.47. The lowest BCUT2D eigenvalue weighted by molar-refractivity contribution is -0.127. The topological polar surface area (TPSA) is 163 Å². The van der Waals surface area contributed by atoms with E-state index in [1.165, 1.54) is 28.3 Å². The van der Waals surface area contributed by atoms with Gasteiger partial charge in [0.15, 0.2) is 5.82 Å². The van der Waals surface area contributed by atoms with Crippen molar-refractivity contribution in [2.45, 2.75) is 20.3 Å². The van der Waals surface area contributed by atoms with Gasteiger partial charge in [-0.15, -0.1) is 0 Å². The molecule has 0 bridgehead atoms. The van der Waals surface area contributed by atoms with Crippen LogP contribution in [0.5, 0.6) is 5.75 Å². The van der Waals surface area contributed by atoms with E-state index >= 15 is 0 Å². The molecule has 0 unspecified atom stereocenters. The molecule has 1 aliphatic rings. The van der Waals surface area contributed by atoms with Gasteiger partial charge in [0.25, 0.3) is 17.6 Å². The third-order valence-electron chi connectivity index (χ3n) is 7.74. The number of carbonyl (C=O) groups excluding carboxylic acids is 3. The maximum atomic E-state index is 13.7. The van der Waals surface area contributed by atoms with Crippen molar-refractivity contribution in [1.82, 2.24) is 34.5 Å². The fourth-order valence-corrected chi connectivity index (χ4v) is 5.27. The molecule has 0 saturated carbocycles. The van der Waals surface area contributed by atoms with E-state index in [9.17, 15) is 14.4 Å². The van der Waals surface area contributed by atoms with Crippen LogP contribution < -0.4 is 4.74 Å². The summed E-state index contributed by atoms with van der Waals surface area (Å²) in [6.07, 6.45) is 5.48. The quantitative estimate of drug-likeness (QED) is 0.0881. The van der Waals surface area contributed by atoms with Gasteiger partial charge in [-0.2, -0.15) is 5.10 Å². The van der Waals surface area contributed by atoms with E-state index in [0.717, 1.165) is 13.0 Å². The zero-order chi connectivity index (χ0) is 34.4. The molecular weight excluding hydrogens is 634 g/mol. The van der Waals surface area contributed by atoms with E-state index in [1.54, 1.807) is 24.0 Å². The minimum absolute atomic E-state index is 0.105. The number of amides is 2. The van der Waals surface area contributed by atoms with Crippen molar-refractivity contribution < 1.29 is 38.1 Å². The van der Waals surface area contributed by atoms with Gasteiger partial charge in [-0.3, -0.25) is 14.4 Å². The molecule has 15 heteroatoms. The van der Waals surface area contributed by atoms with Crippen LogP contribution in [0.4, 0.5) is 0 Å². The number of aromatic nitrogens is 5. The van der Waals surface area contributed by atoms with Gasteiger partial charge in [-0.25, -0.2) is 14.6 Å². The van der Waals surface area contributed by atoms with E-state index < -0.39 is 11.7 Å². The Labute approximate surface area is 284 Å². The number of carbonyl (C=O) groups is 3. The Hall–Kier alpha value is -4.70. The lowest BCUT2D eigenvalue weighted by Gasteiger charge is -2.34. The van der Waals surface area contributed by atoms with E-state index in [4.69, 9.17) is 23.7 Å². The SMILES string of the molecule is CCCOCCOCCOCCOCCOc1cnc(-n2cnc(C)n2)c2[nH]cc(C(=O)C(=O)N3CCN(C(=O)c4ccccc4)CC3)c12. The van der Waals surface area contributed by atoms with Crippen LogP contribution in [-0.4, -0.2) is 138 Å². The summed E-state index contributed by atoms with van der Waals surface area (Å²) in [5.41, 5.74) is 1.19. The van der Waals surface area contributed by atoms with Crippen LogP contribution in [0.15, 0.2) is 49.1 Å². The fraction of sp³-hybridized carbons (Fsp3) is 0.471. The summed E-state index contributed by atoms with van der Waals surface area (Å²) < 4.78 is 29.5. The minimum atomic E-state index is -0.697. The summed E-state index contributed by atoms with van der Waals surface area (Å²) in [7, 11) is 0. The predicted octanol–water partition coefficient (Wildman–Crippen LogP) is 2.47. The van der Waals surface area contributed by atoms with E-state index in [2.05, 4.69) is 27.0 Å². The lowest BCUT2D eigenvalue weighted by atomic mass is 10.1. The van der Waals surface area contributed by atoms with Gasteiger partial charge in [0, 0.05) is 44.5 Å². The molecule has 4 aromatic rings. The fourth-order valence-electron chi connectivity index (χ4n) is 5.27. The number of hydrogen-bond donors (Lipinski definition) is 1. The molecule has 262 valence electrons. The standard InChI is InChI=1S/C34H43N7O8/c1-3-13-45-14-15-46-16-17-47-18-19-48-20-21-49-28-23-36-32(41-24-37-25(2)38-41)30-29(28)27(22-35-30)31(42)34(44)40-11-9-39(10-12-40)33(43)26-7-5-4-6-8-26/h4-8,22-24,35H,3,9-21H2,1-2H3. The Morgan fingerprint density at radius 1 is 0.796 bits per heavy atom. The van der Waals surface area contributed by atoms with Crippen molar-refractivity contribution in [3.63, 3.8) is 0 Å². The first kappa shape index (κ1) is 35.6. The Morgan fingerprint density at radius 2 is 1.41 bits per heavy atom. The molecule has 1 saturated heterocycles. The number of rotatable bonds is 19. The first-order valence-electron chi connectivity index (χ1n) is 16.5. The van der Waals surface area contributed by atoms with E-state index in [1.807, 2.05) is 18.2 Å². The number of nitrogens with zero attached hydrogens (tertiary/aromatic N) is 6. The molecule has 1 N–H and O–H groups in total. The number of benzene rings is 1. The first-order valence-corrected chi connectivity index (χ1v) is 16.5. The van der Waals surface area contributed by atoms with Gasteiger partial charge in [-0.05, 0) is 25.5 Å². The van der Waals surface area contributed by atoms with E-state index in [0.29, 0.717) is 86.6 Å². The van der Waals surface area contributed by atoms with Crippen molar-refractivity contribution in [3.05, 3.63) is 66.0 Å². The molecule has 0 radical (unpaired) electrons. The highest BCUT2D eigenvalue weighted by Crippen LogP contribution is 2.32. The molecule has 3 aromatic heterocycles. The third-order valence-corrected chi connectivity index (χ3v) is 7.74. The molecule has 1 aliphatic heterocycles. The van der Waals surface area contributed by atoms with Crippen LogP contribution in [0.3, 0.4) is 0 Å². The number of Topliss-reactive ketones (excluding diaryl/α,β-unsaturated/α-hetero) is 1. The average Bonchev–Trinajstić information content (AvgIpc) is 3.78. The number of piperazine rings is 1. The summed E-state index contributed by atoms with van der Waals surface area (Å²) in [5, 5.41) is 4.75. The molecule has 15 nitrogen and oxygen atoms in total. The van der Waals surface area contributed by atoms with Gasteiger partial charge in [0.05, 0.1) is 68.9 Å². The van der Waals surface area contributed by atoms with Crippen molar-refractivity contribution in [2.24, 2.45) is 0 Å². The van der Waals surface area contributed by atoms with Crippen LogP contribution in [-0.2, 0) is 23.7 Å². The lowest BCUT2D eigenvalue weighted by Crippen LogP contribution is -2.52. The second-order valence-corrected chi connectivity index (χ2v) is 11.2.